The molecule has 0 bridgehead atoms. The van der Waals surface area contributed by atoms with E-state index in [4.69, 9.17) is 24.5 Å². The van der Waals surface area contributed by atoms with Crippen LogP contribution in [0.4, 0.5) is 41.1 Å². The van der Waals surface area contributed by atoms with Crippen molar-refractivity contribution in [1.82, 2.24) is 0 Å². The van der Waals surface area contributed by atoms with Gasteiger partial charge in [0, 0.05) is 38.0 Å². The lowest BCUT2D eigenvalue weighted by Gasteiger charge is -2.29. The minimum Gasteiger partial charge on any atom is -0.444 e. The smallest absolute Gasteiger partial charge is 0.414 e. The number of morpholine rings is 2. The van der Waals surface area contributed by atoms with E-state index in [9.17, 15) is 23.2 Å². The first-order chi connectivity index (χ1) is 23.1. The van der Waals surface area contributed by atoms with Crippen LogP contribution in [0.15, 0.2) is 41.5 Å². The molecule has 0 spiro atoms. The number of azide groups is 1. The van der Waals surface area contributed by atoms with Gasteiger partial charge < -0.3 is 28.7 Å². The Morgan fingerprint density at radius 2 is 1.27 bits per heavy atom. The van der Waals surface area contributed by atoms with E-state index in [-0.39, 0.29) is 30.1 Å². The van der Waals surface area contributed by atoms with Crippen molar-refractivity contribution in [2.24, 2.45) is 5.11 Å². The molecule has 0 unspecified atom stereocenters. The highest BCUT2D eigenvalue weighted by molar-refractivity contribution is 7.96. The van der Waals surface area contributed by atoms with Crippen LogP contribution >= 0.6 is 12.6 Å². The number of hydrogen-bond donors (Lipinski definition) is 1. The summed E-state index contributed by atoms with van der Waals surface area (Å²) < 4.78 is 49.5. The van der Waals surface area contributed by atoms with Crippen molar-refractivity contribution in [3.05, 3.63) is 58.5 Å². The number of nitrogens with zero attached hydrogens (tertiary/aromatic N) is 7. The molecule has 48 heavy (non-hydrogen) atoms. The summed E-state index contributed by atoms with van der Waals surface area (Å²) in [6, 6.07) is 9.57. The Labute approximate surface area is 282 Å². The summed E-state index contributed by atoms with van der Waals surface area (Å²) in [6.07, 6.45) is -0.835. The molecule has 0 N–H and O–H groups in total. The van der Waals surface area contributed by atoms with Crippen LogP contribution in [0, 0.1) is 11.6 Å². The van der Waals surface area contributed by atoms with Gasteiger partial charge >= 0.3 is 12.2 Å². The highest BCUT2D eigenvalue weighted by atomic mass is 32.1. The Kier molecular flexibility index (Phi) is 13.5. The SMILES string of the molecule is CC(=O)S.CC[C@H]1CN(c2ccc(N3CCOCC3)c(F)c2)C(=O)O1.[N-]=[N+]=NC[C@H]1CN(c2ccc(N3CCOCC3)c(F)c2)C(=O)O1. The summed E-state index contributed by atoms with van der Waals surface area (Å²) in [5, 5.41) is 3.25. The van der Waals surface area contributed by atoms with Crippen LogP contribution in [0.25, 0.3) is 10.4 Å². The van der Waals surface area contributed by atoms with Crippen molar-refractivity contribution >= 4 is 52.7 Å². The zero-order valence-electron chi connectivity index (χ0n) is 26.8. The van der Waals surface area contributed by atoms with Gasteiger partial charge in [0.05, 0.1) is 68.8 Å². The predicted molar refractivity (Wildman–Crippen MR) is 178 cm³/mol. The summed E-state index contributed by atoms with van der Waals surface area (Å²) in [4.78, 5) is 42.3. The molecule has 0 aromatic heterocycles. The van der Waals surface area contributed by atoms with Crippen molar-refractivity contribution in [2.45, 2.75) is 32.5 Å². The van der Waals surface area contributed by atoms with Gasteiger partial charge in [-0.3, -0.25) is 14.6 Å². The first-order valence-corrected chi connectivity index (χ1v) is 16.0. The molecule has 4 aliphatic rings. The largest absolute Gasteiger partial charge is 0.444 e. The Morgan fingerprint density at radius 1 is 0.854 bits per heavy atom. The van der Waals surface area contributed by atoms with Gasteiger partial charge in [-0.25, -0.2) is 18.4 Å². The third-order valence-corrected chi connectivity index (χ3v) is 7.74. The van der Waals surface area contributed by atoms with E-state index in [1.54, 1.807) is 24.3 Å². The van der Waals surface area contributed by atoms with Crippen LogP contribution in [0.3, 0.4) is 0 Å². The molecule has 2 aromatic rings. The predicted octanol–water partition coefficient (Wildman–Crippen LogP) is 5.16. The molecule has 4 saturated heterocycles. The van der Waals surface area contributed by atoms with Crippen molar-refractivity contribution in [3.8, 4) is 0 Å². The van der Waals surface area contributed by atoms with Gasteiger partial charge in [-0.2, -0.15) is 0 Å². The summed E-state index contributed by atoms with van der Waals surface area (Å²) in [5.41, 5.74) is 10.3. The number of halogens is 2. The van der Waals surface area contributed by atoms with E-state index in [0.29, 0.717) is 81.9 Å². The zero-order valence-corrected chi connectivity index (χ0v) is 27.7. The van der Waals surface area contributed by atoms with Crippen molar-refractivity contribution < 1.29 is 42.1 Å². The number of cyclic esters (lactones) is 2. The van der Waals surface area contributed by atoms with Crippen LogP contribution in [-0.4, -0.2) is 102 Å². The maximum atomic E-state index is 14.4. The minimum absolute atomic E-state index is 0.0626. The monoisotopic (exact) mass is 691 g/mol. The molecule has 17 heteroatoms. The molecule has 0 radical (unpaired) electrons. The Bertz CT molecular complexity index is 1480. The molecule has 2 aromatic carbocycles. The first kappa shape index (κ1) is 36.5. The Balaban J connectivity index is 0.000000196. The fourth-order valence-electron chi connectivity index (χ4n) is 5.35. The second kappa shape index (κ2) is 17.7. The normalized spacial score (nSPS) is 20.5. The van der Waals surface area contributed by atoms with E-state index in [1.165, 1.54) is 28.9 Å². The number of carbonyl (C=O) groups excluding carboxylic acids is 3. The molecule has 4 aliphatic heterocycles. The van der Waals surface area contributed by atoms with Gasteiger partial charge in [0.1, 0.15) is 23.8 Å². The number of thiol groups is 1. The van der Waals surface area contributed by atoms with Crippen LogP contribution in [0.5, 0.6) is 0 Å². The van der Waals surface area contributed by atoms with E-state index in [1.807, 2.05) is 16.7 Å². The van der Waals surface area contributed by atoms with E-state index >= 15 is 0 Å². The van der Waals surface area contributed by atoms with E-state index in [2.05, 4.69) is 22.7 Å². The number of hydrogen-bond acceptors (Lipinski definition) is 10. The number of anilines is 4. The number of rotatable bonds is 7. The molecular weight excluding hydrogens is 652 g/mol. The fourth-order valence-corrected chi connectivity index (χ4v) is 5.35. The standard InChI is InChI=1S/C15H19FN2O3.C14H16FN5O3.C2H4OS/c1-2-12-10-18(15(19)21-12)11-3-4-14(13(16)9-11)17-5-7-20-8-6-17;15-12-7-10(1-2-13(12)19-3-5-22-6-4-19)20-9-11(8-17-18-16)23-14(20)21;1-2(3)4/h3-4,9,12H,2,5-8,10H2,1H3;1-2,7,11H,3-6,8-9H2;1H3,(H,3,4)/t12-;11-;/m00./s1. The van der Waals surface area contributed by atoms with Gasteiger partial charge in [0.2, 0.25) is 0 Å². The van der Waals surface area contributed by atoms with Gasteiger partial charge in [-0.1, -0.05) is 12.0 Å². The molecular formula is C31H39F2N7O7S. The van der Waals surface area contributed by atoms with Crippen molar-refractivity contribution in [2.75, 3.05) is 91.8 Å². The highest BCUT2D eigenvalue weighted by Crippen LogP contribution is 2.30. The molecule has 0 aliphatic carbocycles. The Hall–Kier alpha value is -4.31. The summed E-state index contributed by atoms with van der Waals surface area (Å²) in [6.45, 7) is 9.11. The molecule has 14 nitrogen and oxygen atoms in total. The second-order valence-electron chi connectivity index (χ2n) is 11.0. The fraction of sp³-hybridized carbons (Fsp3) is 0.516. The summed E-state index contributed by atoms with van der Waals surface area (Å²) >= 11 is 3.33. The summed E-state index contributed by atoms with van der Waals surface area (Å²) in [5.74, 6) is -0.710. The first-order valence-electron chi connectivity index (χ1n) is 15.5. The molecule has 2 amide bonds. The average molecular weight is 692 g/mol. The van der Waals surface area contributed by atoms with Gasteiger partial charge in [-0.15, -0.1) is 12.6 Å². The number of ether oxygens (including phenoxy) is 4. The quantitative estimate of drug-likeness (QED) is 0.180. The van der Waals surface area contributed by atoms with Crippen LogP contribution < -0.4 is 19.6 Å². The molecule has 260 valence electrons. The minimum atomic E-state index is -0.568. The third-order valence-electron chi connectivity index (χ3n) is 7.74. The second-order valence-corrected chi connectivity index (χ2v) is 11.7. The third kappa shape index (κ3) is 9.86. The van der Waals surface area contributed by atoms with E-state index in [0.717, 1.165) is 6.42 Å². The van der Waals surface area contributed by atoms with Gasteiger partial charge in [0.25, 0.3) is 0 Å². The topological polar surface area (TPSA) is 150 Å². The zero-order chi connectivity index (χ0) is 34.6. The lowest BCUT2D eigenvalue weighted by Crippen LogP contribution is -2.36. The molecule has 4 fully saturated rings. The molecule has 4 heterocycles. The van der Waals surface area contributed by atoms with Crippen molar-refractivity contribution in [1.29, 1.82) is 0 Å². The van der Waals surface area contributed by atoms with Crippen LogP contribution in [0.1, 0.15) is 20.3 Å². The van der Waals surface area contributed by atoms with Gasteiger partial charge in [0.15, 0.2) is 5.12 Å². The summed E-state index contributed by atoms with van der Waals surface area (Å²) in [7, 11) is 0. The lowest BCUT2D eigenvalue weighted by atomic mass is 10.2. The van der Waals surface area contributed by atoms with Gasteiger partial charge in [-0.05, 0) is 48.4 Å². The van der Waals surface area contributed by atoms with Crippen LogP contribution in [-0.2, 0) is 23.7 Å². The average Bonchev–Trinajstić information content (AvgIpc) is 3.65. The van der Waals surface area contributed by atoms with Crippen molar-refractivity contribution in [3.63, 3.8) is 0 Å². The number of amides is 2. The Morgan fingerprint density at radius 3 is 1.65 bits per heavy atom. The maximum absolute atomic E-state index is 14.4. The van der Waals surface area contributed by atoms with E-state index < -0.39 is 24.1 Å². The molecule has 6 rings (SSSR count). The number of benzene rings is 2. The molecule has 2 atom stereocenters. The van der Waals surface area contributed by atoms with Crippen LogP contribution in [0.2, 0.25) is 0 Å². The maximum Gasteiger partial charge on any atom is 0.414 e. The highest BCUT2D eigenvalue weighted by Gasteiger charge is 2.33. The number of carbonyl (C=O) groups is 3. The molecule has 0 saturated carbocycles. The lowest BCUT2D eigenvalue weighted by molar-refractivity contribution is -0.108.